The molecule has 28 heavy (non-hydrogen) atoms. The van der Waals surface area contributed by atoms with Gasteiger partial charge in [-0.2, -0.15) is 0 Å². The maximum absolute atomic E-state index is 11.5. The summed E-state index contributed by atoms with van der Waals surface area (Å²) in [5.74, 6) is 0.818. The summed E-state index contributed by atoms with van der Waals surface area (Å²) in [4.78, 5) is 19.2. The zero-order valence-corrected chi connectivity index (χ0v) is 16.1. The van der Waals surface area contributed by atoms with Gasteiger partial charge in [0.25, 0.3) is 0 Å². The zero-order chi connectivity index (χ0) is 20.3. The molecule has 0 aliphatic rings. The highest BCUT2D eigenvalue weighted by Gasteiger charge is 2.20. The molecular formula is C17H15Cl2N5O4. The highest BCUT2D eigenvalue weighted by molar-refractivity contribution is 6.37. The first-order valence-electron chi connectivity index (χ1n) is 8.00. The number of nitrogens with two attached hydrogens (primary N) is 1. The average Bonchev–Trinajstić information content (AvgIpc) is 2.67. The maximum atomic E-state index is 11.5. The van der Waals surface area contributed by atoms with Gasteiger partial charge in [-0.1, -0.05) is 23.2 Å². The molecule has 3 rings (SSSR count). The molecule has 3 N–H and O–H groups in total. The molecule has 0 unspecified atom stereocenters. The molecule has 11 heteroatoms. The van der Waals surface area contributed by atoms with Crippen molar-refractivity contribution in [1.29, 1.82) is 0 Å². The third-order valence-electron chi connectivity index (χ3n) is 3.78. The minimum atomic E-state index is -0.541. The van der Waals surface area contributed by atoms with Gasteiger partial charge < -0.3 is 20.5 Å². The van der Waals surface area contributed by atoms with Gasteiger partial charge >= 0.3 is 5.69 Å². The molecule has 0 spiro atoms. The molecule has 0 saturated carbocycles. The fourth-order valence-electron chi connectivity index (χ4n) is 2.51. The Morgan fingerprint density at radius 1 is 1.18 bits per heavy atom. The molecule has 0 fully saturated rings. The van der Waals surface area contributed by atoms with E-state index in [9.17, 15) is 10.1 Å². The van der Waals surface area contributed by atoms with Crippen molar-refractivity contribution in [3.8, 4) is 11.5 Å². The fraction of sp³-hybridized carbons (Fsp3) is 0.176. The Kier molecular flexibility index (Phi) is 5.98. The summed E-state index contributed by atoms with van der Waals surface area (Å²) in [6.07, 6.45) is 1.32. The largest absolute Gasteiger partial charge is 0.495 e. The lowest BCUT2D eigenvalue weighted by Gasteiger charge is -2.13. The number of aromatic nitrogens is 2. The summed E-state index contributed by atoms with van der Waals surface area (Å²) < 4.78 is 10.6. The highest BCUT2D eigenvalue weighted by atomic mass is 35.5. The van der Waals surface area contributed by atoms with Crippen LogP contribution in [-0.2, 0) is 0 Å². The van der Waals surface area contributed by atoms with Crippen molar-refractivity contribution in [2.45, 2.75) is 0 Å². The van der Waals surface area contributed by atoms with Crippen molar-refractivity contribution in [1.82, 2.24) is 9.97 Å². The summed E-state index contributed by atoms with van der Waals surface area (Å²) in [5.41, 5.74) is 6.11. The van der Waals surface area contributed by atoms with Crippen molar-refractivity contribution in [3.05, 3.63) is 50.8 Å². The summed E-state index contributed by atoms with van der Waals surface area (Å²) in [6.45, 7) is 0.366. The number of fused-ring (bicyclic) bond motifs is 1. The van der Waals surface area contributed by atoms with Gasteiger partial charge in [-0.15, -0.1) is 0 Å². The average molecular weight is 424 g/mol. The third-order valence-corrected chi connectivity index (χ3v) is 4.39. The van der Waals surface area contributed by atoms with Crippen LogP contribution in [-0.4, -0.2) is 35.2 Å². The second kappa shape index (κ2) is 8.42. The number of nitrogens with one attached hydrogen (secondary N) is 1. The van der Waals surface area contributed by atoms with Crippen LogP contribution in [0.4, 0.5) is 17.2 Å². The molecule has 0 aliphatic heterocycles. The molecule has 2 aromatic carbocycles. The molecule has 0 saturated heterocycles. The summed E-state index contributed by atoms with van der Waals surface area (Å²) in [6, 6.07) is 5.94. The van der Waals surface area contributed by atoms with Crippen molar-refractivity contribution >= 4 is 51.3 Å². The summed E-state index contributed by atoms with van der Waals surface area (Å²) in [5, 5.41) is 15.6. The van der Waals surface area contributed by atoms with Gasteiger partial charge in [-0.05, 0) is 6.07 Å². The van der Waals surface area contributed by atoms with E-state index in [0.29, 0.717) is 38.2 Å². The van der Waals surface area contributed by atoms with Crippen molar-refractivity contribution in [2.24, 2.45) is 5.73 Å². The monoisotopic (exact) mass is 423 g/mol. The molecule has 1 aromatic heterocycles. The minimum absolute atomic E-state index is 0.0822. The van der Waals surface area contributed by atoms with Crippen LogP contribution >= 0.6 is 23.2 Å². The molecular weight excluding hydrogens is 409 g/mol. The van der Waals surface area contributed by atoms with Gasteiger partial charge in [-0.3, -0.25) is 10.1 Å². The van der Waals surface area contributed by atoms with E-state index >= 15 is 0 Å². The molecule has 9 nitrogen and oxygen atoms in total. The standard InChI is InChI=1S/C17H15Cl2N5O4/c1-27-15-7-13(10(18)5-11(15)19)23-17-9-4-14(24(25)26)16(28-3-2-20)6-12(9)21-8-22-17/h4-8H,2-3,20H2,1H3,(H,21,22,23). The van der Waals surface area contributed by atoms with Crippen molar-refractivity contribution < 1.29 is 14.4 Å². The van der Waals surface area contributed by atoms with Crippen LogP contribution in [0.15, 0.2) is 30.6 Å². The van der Waals surface area contributed by atoms with Crippen LogP contribution in [0.5, 0.6) is 11.5 Å². The fourth-order valence-corrected chi connectivity index (χ4v) is 3.02. The van der Waals surface area contributed by atoms with Crippen molar-refractivity contribution in [3.63, 3.8) is 0 Å². The van der Waals surface area contributed by atoms with Gasteiger partial charge in [-0.25, -0.2) is 9.97 Å². The lowest BCUT2D eigenvalue weighted by Crippen LogP contribution is -2.11. The Labute approximate surface area is 169 Å². The van der Waals surface area contributed by atoms with E-state index in [-0.39, 0.29) is 24.6 Å². The predicted molar refractivity (Wildman–Crippen MR) is 107 cm³/mol. The topological polar surface area (TPSA) is 125 Å². The van der Waals surface area contributed by atoms with Crippen LogP contribution in [0.2, 0.25) is 10.0 Å². The van der Waals surface area contributed by atoms with Crippen LogP contribution in [0, 0.1) is 10.1 Å². The maximum Gasteiger partial charge on any atom is 0.311 e. The van der Waals surface area contributed by atoms with Gasteiger partial charge in [0.1, 0.15) is 24.5 Å². The Bertz CT molecular complexity index is 1050. The molecule has 1 heterocycles. The van der Waals surface area contributed by atoms with Crippen LogP contribution in [0.25, 0.3) is 10.9 Å². The van der Waals surface area contributed by atoms with Gasteiger partial charge in [0, 0.05) is 24.7 Å². The van der Waals surface area contributed by atoms with E-state index in [1.165, 1.54) is 31.6 Å². The molecule has 0 bridgehead atoms. The second-order valence-electron chi connectivity index (χ2n) is 5.55. The van der Waals surface area contributed by atoms with Crippen LogP contribution < -0.4 is 20.5 Å². The Morgan fingerprint density at radius 3 is 2.64 bits per heavy atom. The minimum Gasteiger partial charge on any atom is -0.495 e. The van der Waals surface area contributed by atoms with E-state index in [1.807, 2.05) is 0 Å². The van der Waals surface area contributed by atoms with Crippen LogP contribution in [0.3, 0.4) is 0 Å². The van der Waals surface area contributed by atoms with Crippen LogP contribution in [0.1, 0.15) is 0 Å². The first kappa shape index (κ1) is 19.9. The zero-order valence-electron chi connectivity index (χ0n) is 14.6. The number of nitro benzene ring substituents is 1. The summed E-state index contributed by atoms with van der Waals surface area (Å²) in [7, 11) is 1.48. The molecule has 0 atom stereocenters. The quantitative estimate of drug-likeness (QED) is 0.432. The van der Waals surface area contributed by atoms with E-state index in [2.05, 4.69) is 15.3 Å². The van der Waals surface area contributed by atoms with E-state index in [4.69, 9.17) is 38.4 Å². The third kappa shape index (κ3) is 4.01. The first-order chi connectivity index (χ1) is 13.4. The number of rotatable bonds is 7. The molecule has 0 amide bonds. The van der Waals surface area contributed by atoms with Gasteiger partial charge in [0.05, 0.1) is 38.7 Å². The number of halogens is 2. The number of anilines is 2. The number of ether oxygens (including phenoxy) is 2. The van der Waals surface area contributed by atoms with E-state index in [1.54, 1.807) is 6.07 Å². The highest BCUT2D eigenvalue weighted by Crippen LogP contribution is 2.38. The lowest BCUT2D eigenvalue weighted by molar-refractivity contribution is -0.385. The first-order valence-corrected chi connectivity index (χ1v) is 8.76. The number of benzene rings is 2. The van der Waals surface area contributed by atoms with E-state index in [0.717, 1.165) is 0 Å². The normalized spacial score (nSPS) is 10.7. The van der Waals surface area contributed by atoms with Gasteiger partial charge in [0.15, 0.2) is 5.75 Å². The lowest BCUT2D eigenvalue weighted by atomic mass is 10.2. The second-order valence-corrected chi connectivity index (χ2v) is 6.36. The number of hydrogen-bond donors (Lipinski definition) is 2. The number of hydrogen-bond acceptors (Lipinski definition) is 8. The SMILES string of the molecule is COc1cc(Nc2ncnc3cc(OCCN)c([N+](=O)[O-])cc23)c(Cl)cc1Cl. The van der Waals surface area contributed by atoms with E-state index < -0.39 is 4.92 Å². The molecule has 146 valence electrons. The molecule has 3 aromatic rings. The molecule has 0 aliphatic carbocycles. The predicted octanol–water partition coefficient (Wildman–Crippen LogP) is 3.93. The summed E-state index contributed by atoms with van der Waals surface area (Å²) >= 11 is 12.3. The number of nitrogens with zero attached hydrogens (tertiary/aromatic N) is 3. The Hall–Kier alpha value is -2.88. The van der Waals surface area contributed by atoms with Gasteiger partial charge in [0.2, 0.25) is 0 Å². The smallest absolute Gasteiger partial charge is 0.311 e. The number of nitro groups is 1. The Morgan fingerprint density at radius 2 is 1.96 bits per heavy atom. The number of methoxy groups -OCH3 is 1. The molecule has 0 radical (unpaired) electrons. The Balaban J connectivity index is 2.10. The van der Waals surface area contributed by atoms with Crippen molar-refractivity contribution in [2.75, 3.05) is 25.6 Å².